The highest BCUT2D eigenvalue weighted by molar-refractivity contribution is 5.71. The van der Waals surface area contributed by atoms with E-state index in [1.54, 1.807) is 0 Å². The third kappa shape index (κ3) is 59.9. The average molecular weight is 1020 g/mol. The molecule has 0 N–H and O–H groups in total. The van der Waals surface area contributed by atoms with Gasteiger partial charge in [0, 0.05) is 19.3 Å². The summed E-state index contributed by atoms with van der Waals surface area (Å²) < 4.78 is 16.9. The molecular weight excluding hydrogens is 901 g/mol. The zero-order valence-electron chi connectivity index (χ0n) is 48.7. The molecule has 0 fully saturated rings. The lowest BCUT2D eigenvalue weighted by Gasteiger charge is -2.18. The van der Waals surface area contributed by atoms with Crippen LogP contribution in [0.15, 0.2) is 60.8 Å². The minimum Gasteiger partial charge on any atom is -0.462 e. The highest BCUT2D eigenvalue weighted by Gasteiger charge is 2.19. The molecule has 0 aliphatic rings. The lowest BCUT2D eigenvalue weighted by atomic mass is 10.0. The van der Waals surface area contributed by atoms with Crippen LogP contribution in [-0.2, 0) is 28.6 Å². The normalized spacial score (nSPS) is 12.4. The monoisotopic (exact) mass is 1020 g/mol. The van der Waals surface area contributed by atoms with Gasteiger partial charge in [0.05, 0.1) is 0 Å². The Morgan fingerprint density at radius 1 is 0.288 bits per heavy atom. The maximum absolute atomic E-state index is 12.9. The summed E-state index contributed by atoms with van der Waals surface area (Å²) in [6, 6.07) is 0. The van der Waals surface area contributed by atoms with E-state index in [1.807, 2.05) is 0 Å². The lowest BCUT2D eigenvalue weighted by Crippen LogP contribution is -2.30. The van der Waals surface area contributed by atoms with E-state index >= 15 is 0 Å². The average Bonchev–Trinajstić information content (AvgIpc) is 3.39. The number of esters is 3. The molecule has 1 atom stereocenters. The third-order valence-corrected chi connectivity index (χ3v) is 14.0. The van der Waals surface area contributed by atoms with Gasteiger partial charge in [0.15, 0.2) is 6.10 Å². The van der Waals surface area contributed by atoms with Gasteiger partial charge in [0.25, 0.3) is 0 Å². The Morgan fingerprint density at radius 2 is 0.534 bits per heavy atom. The van der Waals surface area contributed by atoms with Gasteiger partial charge in [-0.05, 0) is 83.5 Å². The Balaban J connectivity index is 4.34. The second-order valence-corrected chi connectivity index (χ2v) is 21.3. The Hall–Kier alpha value is -2.89. The molecule has 73 heavy (non-hydrogen) atoms. The highest BCUT2D eigenvalue weighted by atomic mass is 16.6. The molecule has 0 saturated carbocycles. The van der Waals surface area contributed by atoms with Crippen LogP contribution < -0.4 is 0 Å². The maximum atomic E-state index is 12.9. The molecule has 0 aliphatic carbocycles. The number of unbranched alkanes of at least 4 members (excludes halogenated alkanes) is 37. The third-order valence-electron chi connectivity index (χ3n) is 14.0. The fraction of sp³-hybridized carbons (Fsp3) is 0.806. The summed E-state index contributed by atoms with van der Waals surface area (Å²) in [5, 5.41) is 0. The lowest BCUT2D eigenvalue weighted by molar-refractivity contribution is -0.167. The predicted molar refractivity (Wildman–Crippen MR) is 316 cm³/mol. The molecule has 0 aliphatic heterocycles. The number of rotatable bonds is 58. The van der Waals surface area contributed by atoms with Crippen LogP contribution in [0.2, 0.25) is 0 Å². The summed E-state index contributed by atoms with van der Waals surface area (Å²) in [5.74, 6) is -0.882. The van der Waals surface area contributed by atoms with E-state index in [9.17, 15) is 14.4 Å². The Morgan fingerprint density at radius 3 is 0.863 bits per heavy atom. The zero-order valence-corrected chi connectivity index (χ0v) is 48.7. The van der Waals surface area contributed by atoms with Gasteiger partial charge in [-0.25, -0.2) is 0 Å². The van der Waals surface area contributed by atoms with E-state index < -0.39 is 6.10 Å². The first-order valence-electron chi connectivity index (χ1n) is 31.8. The van der Waals surface area contributed by atoms with Crippen LogP contribution in [0.3, 0.4) is 0 Å². The van der Waals surface area contributed by atoms with E-state index in [1.165, 1.54) is 186 Å². The van der Waals surface area contributed by atoms with Crippen LogP contribution in [0.1, 0.15) is 329 Å². The van der Waals surface area contributed by atoms with Crippen LogP contribution in [0, 0.1) is 0 Å². The molecule has 0 heterocycles. The van der Waals surface area contributed by atoms with Crippen molar-refractivity contribution in [2.75, 3.05) is 13.2 Å². The van der Waals surface area contributed by atoms with Crippen molar-refractivity contribution in [2.24, 2.45) is 0 Å². The molecule has 0 saturated heterocycles. The molecule has 6 heteroatoms. The molecule has 0 radical (unpaired) electrons. The first kappa shape index (κ1) is 70.1. The summed E-state index contributed by atoms with van der Waals surface area (Å²) in [6.07, 6.45) is 77.9. The van der Waals surface area contributed by atoms with Gasteiger partial charge in [0.2, 0.25) is 0 Å². The number of hydrogen-bond donors (Lipinski definition) is 0. The number of allylic oxidation sites excluding steroid dienone is 10. The molecule has 424 valence electrons. The molecule has 6 nitrogen and oxygen atoms in total. The molecule has 0 aromatic heterocycles. The van der Waals surface area contributed by atoms with Crippen molar-refractivity contribution in [1.82, 2.24) is 0 Å². The summed E-state index contributed by atoms with van der Waals surface area (Å²) in [6.45, 7) is 6.54. The Bertz CT molecular complexity index is 1310. The van der Waals surface area contributed by atoms with Gasteiger partial charge in [-0.3, -0.25) is 14.4 Å². The largest absolute Gasteiger partial charge is 0.462 e. The summed E-state index contributed by atoms with van der Waals surface area (Å²) >= 11 is 0. The fourth-order valence-corrected chi connectivity index (χ4v) is 9.25. The highest BCUT2D eigenvalue weighted by Crippen LogP contribution is 2.17. The molecule has 0 aromatic carbocycles. The quantitative estimate of drug-likeness (QED) is 0.0261. The van der Waals surface area contributed by atoms with Crippen molar-refractivity contribution in [2.45, 2.75) is 335 Å². The van der Waals surface area contributed by atoms with Gasteiger partial charge in [0.1, 0.15) is 13.2 Å². The summed E-state index contributed by atoms with van der Waals surface area (Å²) in [7, 11) is 0. The zero-order chi connectivity index (χ0) is 52.9. The molecule has 0 rings (SSSR count). The molecule has 0 spiro atoms. The molecule has 0 aromatic rings. The Labute approximate surface area is 453 Å². The molecule has 0 bridgehead atoms. The van der Waals surface area contributed by atoms with Crippen LogP contribution >= 0.6 is 0 Å². The number of carbonyl (C=O) groups excluding carboxylic acids is 3. The van der Waals surface area contributed by atoms with E-state index in [-0.39, 0.29) is 31.1 Å². The first-order valence-corrected chi connectivity index (χ1v) is 31.8. The van der Waals surface area contributed by atoms with Crippen molar-refractivity contribution in [3.63, 3.8) is 0 Å². The second kappa shape index (κ2) is 61.7. The van der Waals surface area contributed by atoms with E-state index in [2.05, 4.69) is 81.5 Å². The van der Waals surface area contributed by atoms with Gasteiger partial charge in [-0.15, -0.1) is 0 Å². The first-order chi connectivity index (χ1) is 36.0. The van der Waals surface area contributed by atoms with Gasteiger partial charge in [-0.2, -0.15) is 0 Å². The molecular formula is C67H120O6. The Kier molecular flexibility index (Phi) is 59.2. The van der Waals surface area contributed by atoms with Crippen LogP contribution in [0.25, 0.3) is 0 Å². The van der Waals surface area contributed by atoms with Crippen molar-refractivity contribution in [1.29, 1.82) is 0 Å². The van der Waals surface area contributed by atoms with Gasteiger partial charge >= 0.3 is 17.9 Å². The fourth-order valence-electron chi connectivity index (χ4n) is 9.25. The van der Waals surface area contributed by atoms with Gasteiger partial charge < -0.3 is 14.2 Å². The van der Waals surface area contributed by atoms with Crippen molar-refractivity contribution >= 4 is 17.9 Å². The van der Waals surface area contributed by atoms with Crippen LogP contribution in [0.5, 0.6) is 0 Å². The number of hydrogen-bond acceptors (Lipinski definition) is 6. The predicted octanol–water partition coefficient (Wildman–Crippen LogP) is 21.6. The number of carbonyl (C=O) groups is 3. The smallest absolute Gasteiger partial charge is 0.306 e. The van der Waals surface area contributed by atoms with Crippen molar-refractivity contribution in [3.05, 3.63) is 60.8 Å². The molecule has 0 unspecified atom stereocenters. The minimum absolute atomic E-state index is 0.0784. The van der Waals surface area contributed by atoms with Crippen molar-refractivity contribution in [3.8, 4) is 0 Å². The molecule has 0 amide bonds. The van der Waals surface area contributed by atoms with E-state index in [0.717, 1.165) is 103 Å². The minimum atomic E-state index is -0.783. The van der Waals surface area contributed by atoms with Crippen LogP contribution in [-0.4, -0.2) is 37.2 Å². The standard InChI is InChI=1S/C67H120O6/c1-4-7-10-13-16-19-22-25-28-30-32-33-35-36-39-42-45-48-51-54-57-60-66(69)72-63-64(62-71-65(68)59-56-53-50-47-44-41-38-27-24-21-18-15-12-9-6-3)73-67(70)61-58-55-52-49-46-43-40-37-34-31-29-26-23-20-17-14-11-8-5-2/h9,12,17-18,20-21,26-27,29,38,64H,4-8,10-11,13-16,19,22-25,28,30-37,39-63H2,1-3H3/b12-9-,20-17-,21-18-,29-26-,38-27-/t64-/m1/s1. The topological polar surface area (TPSA) is 78.9 Å². The SMILES string of the molecule is CC/C=C\C/C=C\C/C=C\CCCCCCCC(=O)OC[C@H](COC(=O)CCCCCCCCCCCCCCCCCCCCCCC)OC(=O)CCCCCCCCCCC/C=C\C/C=C\CCCCC. The van der Waals surface area contributed by atoms with Crippen molar-refractivity contribution < 1.29 is 28.6 Å². The van der Waals surface area contributed by atoms with E-state index in [4.69, 9.17) is 14.2 Å². The van der Waals surface area contributed by atoms with E-state index in [0.29, 0.717) is 19.3 Å². The summed E-state index contributed by atoms with van der Waals surface area (Å²) in [5.41, 5.74) is 0. The maximum Gasteiger partial charge on any atom is 0.306 e. The van der Waals surface area contributed by atoms with Crippen LogP contribution in [0.4, 0.5) is 0 Å². The van der Waals surface area contributed by atoms with Gasteiger partial charge in [-0.1, -0.05) is 287 Å². The number of ether oxygens (including phenoxy) is 3. The summed E-state index contributed by atoms with van der Waals surface area (Å²) in [4.78, 5) is 38.3. The second-order valence-electron chi connectivity index (χ2n) is 21.3.